The van der Waals surface area contributed by atoms with E-state index in [2.05, 4.69) is 0 Å². The van der Waals surface area contributed by atoms with Gasteiger partial charge in [0.2, 0.25) is 5.91 Å². The van der Waals surface area contributed by atoms with Crippen molar-refractivity contribution in [3.63, 3.8) is 0 Å². The molecule has 2 N–H and O–H groups in total. The minimum Gasteiger partial charge on any atom is -0.480 e. The Balaban J connectivity index is 1.58. The summed E-state index contributed by atoms with van der Waals surface area (Å²) >= 11 is 0. The molecule has 0 bridgehead atoms. The molecule has 1 saturated heterocycles. The van der Waals surface area contributed by atoms with Gasteiger partial charge < -0.3 is 19.8 Å². The molecule has 3 aromatic rings. The molecule has 0 aliphatic carbocycles. The predicted molar refractivity (Wildman–Crippen MR) is 137 cm³/mol. The number of benzene rings is 3. The second-order valence-electron chi connectivity index (χ2n) is 9.32. The van der Waals surface area contributed by atoms with Crippen LogP contribution in [0.4, 0.5) is 13.6 Å². The summed E-state index contributed by atoms with van der Waals surface area (Å²) in [5.74, 6) is -3.70. The molecule has 0 radical (unpaired) electrons. The van der Waals surface area contributed by atoms with Crippen LogP contribution in [0, 0.1) is 11.6 Å². The first kappa shape index (κ1) is 27.7. The van der Waals surface area contributed by atoms with Crippen LogP contribution in [-0.4, -0.2) is 69.8 Å². The number of carbonyl (C=O) groups excluding carboxylic acids is 2. The van der Waals surface area contributed by atoms with E-state index in [1.807, 2.05) is 6.07 Å². The minimum atomic E-state index is -1.43. The van der Waals surface area contributed by atoms with Crippen LogP contribution >= 0.6 is 0 Å². The molecule has 1 aliphatic rings. The van der Waals surface area contributed by atoms with E-state index in [0.717, 1.165) is 15.4 Å². The lowest BCUT2D eigenvalue weighted by molar-refractivity contribution is -0.147. The molecule has 3 atom stereocenters. The number of carbonyl (C=O) groups is 3. The first-order valence-corrected chi connectivity index (χ1v) is 12.4. The maximum Gasteiger partial charge on any atom is 0.410 e. The Hall–Kier alpha value is -4.31. The molecule has 0 unspecified atom stereocenters. The van der Waals surface area contributed by atoms with Crippen molar-refractivity contribution >= 4 is 18.0 Å². The van der Waals surface area contributed by atoms with Crippen molar-refractivity contribution in [2.45, 2.75) is 31.1 Å². The van der Waals surface area contributed by atoms with Gasteiger partial charge in [0.1, 0.15) is 30.8 Å². The Kier molecular flexibility index (Phi) is 8.88. The van der Waals surface area contributed by atoms with Crippen molar-refractivity contribution in [2.75, 3.05) is 19.6 Å². The second kappa shape index (κ2) is 12.5. The third kappa shape index (κ3) is 6.97. The van der Waals surface area contributed by atoms with Crippen LogP contribution in [0.3, 0.4) is 0 Å². The Bertz CT molecular complexity index is 1290. The fourth-order valence-corrected chi connectivity index (χ4v) is 4.65. The molecule has 39 heavy (non-hydrogen) atoms. The van der Waals surface area contributed by atoms with Crippen LogP contribution in [0.25, 0.3) is 0 Å². The molecule has 1 aliphatic heterocycles. The fraction of sp³-hybridized carbons (Fsp3) is 0.276. The predicted octanol–water partition coefficient (Wildman–Crippen LogP) is 3.59. The van der Waals surface area contributed by atoms with Crippen LogP contribution in [-0.2, 0) is 27.4 Å². The van der Waals surface area contributed by atoms with Crippen LogP contribution in [0.15, 0.2) is 78.9 Å². The molecule has 4 rings (SSSR count). The average molecular weight is 539 g/mol. The molecule has 0 spiro atoms. The maximum absolute atomic E-state index is 13.7. The van der Waals surface area contributed by atoms with Gasteiger partial charge in [0.25, 0.3) is 0 Å². The fourth-order valence-electron chi connectivity index (χ4n) is 4.65. The van der Waals surface area contributed by atoms with Crippen molar-refractivity contribution in [3.05, 3.63) is 107 Å². The third-order valence-electron chi connectivity index (χ3n) is 6.68. The van der Waals surface area contributed by atoms with E-state index >= 15 is 0 Å². The van der Waals surface area contributed by atoms with Crippen molar-refractivity contribution in [1.82, 2.24) is 9.80 Å². The molecular weight excluding hydrogens is 510 g/mol. The van der Waals surface area contributed by atoms with Gasteiger partial charge in [0, 0.05) is 19.0 Å². The number of aliphatic hydroxyl groups is 1. The number of aliphatic carboxylic acids is 1. The maximum atomic E-state index is 13.7. The smallest absolute Gasteiger partial charge is 0.410 e. The van der Waals surface area contributed by atoms with Gasteiger partial charge in [-0.15, -0.1) is 0 Å². The summed E-state index contributed by atoms with van der Waals surface area (Å²) in [6, 6.07) is 18.4. The molecule has 3 aromatic carbocycles. The van der Waals surface area contributed by atoms with Crippen LogP contribution in [0.2, 0.25) is 0 Å². The molecule has 0 aromatic heterocycles. The Labute approximate surface area is 224 Å². The van der Waals surface area contributed by atoms with Crippen molar-refractivity contribution in [3.8, 4) is 0 Å². The lowest BCUT2D eigenvalue weighted by atomic mass is 9.93. The van der Waals surface area contributed by atoms with E-state index in [-0.39, 0.29) is 26.1 Å². The van der Waals surface area contributed by atoms with Gasteiger partial charge in [-0.3, -0.25) is 14.5 Å². The number of nitrogens with zero attached hydrogens (tertiary/aromatic N) is 2. The molecule has 2 amide bonds. The van der Waals surface area contributed by atoms with Gasteiger partial charge in [-0.25, -0.2) is 13.6 Å². The van der Waals surface area contributed by atoms with E-state index in [1.165, 1.54) is 48.5 Å². The highest BCUT2D eigenvalue weighted by Gasteiger charge is 2.49. The van der Waals surface area contributed by atoms with Gasteiger partial charge in [0.05, 0.1) is 6.10 Å². The van der Waals surface area contributed by atoms with Gasteiger partial charge in [0.15, 0.2) is 0 Å². The number of ether oxygens (including phenoxy) is 1. The zero-order valence-electron chi connectivity index (χ0n) is 21.0. The van der Waals surface area contributed by atoms with E-state index in [1.54, 1.807) is 24.3 Å². The SMILES string of the molecule is O=C(O)CN(CCc1ccc(F)cc1)C(=O)[C@H]1[C@@H](O)[C@H](c2ccc(F)cc2)CN1C(=O)OCc1ccccc1. The van der Waals surface area contributed by atoms with Gasteiger partial charge >= 0.3 is 12.1 Å². The number of likely N-dealkylation sites (tertiary alicyclic amines) is 1. The van der Waals surface area contributed by atoms with E-state index < -0.39 is 54.2 Å². The Morgan fingerprint density at radius 3 is 2.13 bits per heavy atom. The van der Waals surface area contributed by atoms with Crippen LogP contribution in [0.5, 0.6) is 0 Å². The summed E-state index contributed by atoms with van der Waals surface area (Å²) in [4.78, 5) is 40.6. The summed E-state index contributed by atoms with van der Waals surface area (Å²) in [6.07, 6.45) is -2.04. The monoisotopic (exact) mass is 538 g/mol. The summed E-state index contributed by atoms with van der Waals surface area (Å²) in [7, 11) is 0. The zero-order valence-corrected chi connectivity index (χ0v) is 21.0. The third-order valence-corrected chi connectivity index (χ3v) is 6.68. The highest BCUT2D eigenvalue weighted by Crippen LogP contribution is 2.34. The molecule has 1 fully saturated rings. The highest BCUT2D eigenvalue weighted by atomic mass is 19.1. The van der Waals surface area contributed by atoms with Crippen molar-refractivity contribution in [1.29, 1.82) is 0 Å². The molecule has 1 heterocycles. The van der Waals surface area contributed by atoms with Gasteiger partial charge in [-0.1, -0.05) is 54.6 Å². The molecule has 204 valence electrons. The molecule has 0 saturated carbocycles. The van der Waals surface area contributed by atoms with Gasteiger partial charge in [-0.05, 0) is 47.4 Å². The lowest BCUT2D eigenvalue weighted by Gasteiger charge is -2.30. The standard InChI is InChI=1S/C29H28F2N2O6/c30-22-10-6-19(7-11-22)14-15-32(17-25(34)35)28(37)26-27(36)24(21-8-12-23(31)13-9-21)16-33(26)29(38)39-18-20-4-2-1-3-5-20/h1-13,24,26-27,36H,14-18H2,(H,34,35)/t24-,26+,27-/m0/s1. The first-order valence-electron chi connectivity index (χ1n) is 12.4. The normalized spacial score (nSPS) is 18.5. The number of amides is 2. The summed E-state index contributed by atoms with van der Waals surface area (Å²) in [6.45, 7) is -0.890. The zero-order chi connectivity index (χ0) is 27.9. The van der Waals surface area contributed by atoms with E-state index in [9.17, 15) is 33.4 Å². The Morgan fingerprint density at radius 2 is 1.51 bits per heavy atom. The molecule has 8 nitrogen and oxygen atoms in total. The van der Waals surface area contributed by atoms with Crippen molar-refractivity contribution < 1.29 is 38.1 Å². The number of hydrogen-bond donors (Lipinski definition) is 2. The quantitative estimate of drug-likeness (QED) is 0.431. The summed E-state index contributed by atoms with van der Waals surface area (Å²) in [5.41, 5.74) is 1.90. The largest absolute Gasteiger partial charge is 0.480 e. The lowest BCUT2D eigenvalue weighted by Crippen LogP contribution is -2.53. The number of hydrogen-bond acceptors (Lipinski definition) is 5. The summed E-state index contributed by atoms with van der Waals surface area (Å²) in [5, 5.41) is 20.7. The second-order valence-corrected chi connectivity index (χ2v) is 9.32. The van der Waals surface area contributed by atoms with Crippen molar-refractivity contribution in [2.24, 2.45) is 0 Å². The summed E-state index contributed by atoms with van der Waals surface area (Å²) < 4.78 is 32.3. The molecular formula is C29H28F2N2O6. The minimum absolute atomic E-state index is 0.0475. The number of rotatable bonds is 9. The topological polar surface area (TPSA) is 107 Å². The number of carboxylic acid groups (broad SMARTS) is 1. The van der Waals surface area contributed by atoms with E-state index in [4.69, 9.17) is 4.74 Å². The number of aliphatic hydroxyl groups excluding tert-OH is 1. The number of carboxylic acids is 1. The van der Waals surface area contributed by atoms with Crippen LogP contribution in [0.1, 0.15) is 22.6 Å². The number of halogens is 2. The van der Waals surface area contributed by atoms with Gasteiger partial charge in [-0.2, -0.15) is 0 Å². The molecule has 10 heteroatoms. The average Bonchev–Trinajstić information content (AvgIpc) is 3.28. The first-order chi connectivity index (χ1) is 18.7. The Morgan fingerprint density at radius 1 is 0.897 bits per heavy atom. The van der Waals surface area contributed by atoms with Crippen LogP contribution < -0.4 is 0 Å². The highest BCUT2D eigenvalue weighted by molar-refractivity contribution is 5.89. The van der Waals surface area contributed by atoms with E-state index in [0.29, 0.717) is 11.1 Å².